The fourth-order valence-electron chi connectivity index (χ4n) is 1.23. The van der Waals surface area contributed by atoms with E-state index < -0.39 is 4.92 Å². The van der Waals surface area contributed by atoms with E-state index in [4.69, 9.17) is 9.47 Å². The molecule has 1 aromatic carbocycles. The number of methoxy groups -OCH3 is 2. The normalized spacial score (nSPS) is 9.80. The van der Waals surface area contributed by atoms with E-state index >= 15 is 0 Å². The van der Waals surface area contributed by atoms with Crippen LogP contribution in [-0.2, 0) is 5.33 Å². The van der Waals surface area contributed by atoms with Crippen LogP contribution in [-0.4, -0.2) is 19.1 Å². The van der Waals surface area contributed by atoms with Crippen LogP contribution in [0.5, 0.6) is 11.5 Å². The Kier molecular flexibility index (Phi) is 3.90. The molecule has 0 radical (unpaired) electrons. The van der Waals surface area contributed by atoms with Crippen LogP contribution in [0.4, 0.5) is 5.69 Å². The summed E-state index contributed by atoms with van der Waals surface area (Å²) in [6.07, 6.45) is 0. The third kappa shape index (κ3) is 2.38. The minimum Gasteiger partial charge on any atom is -0.496 e. The molecule has 0 aliphatic carbocycles. The first-order valence-electron chi connectivity index (χ1n) is 4.09. The predicted molar refractivity (Wildman–Crippen MR) is 58.8 cm³/mol. The molecule has 0 spiro atoms. The molecule has 0 heterocycles. The molecule has 0 saturated carbocycles. The Morgan fingerprint density at radius 1 is 1.40 bits per heavy atom. The quantitative estimate of drug-likeness (QED) is 0.481. The highest BCUT2D eigenvalue weighted by molar-refractivity contribution is 9.08. The van der Waals surface area contributed by atoms with Gasteiger partial charge in [0.25, 0.3) is 0 Å². The van der Waals surface area contributed by atoms with Gasteiger partial charge in [-0.05, 0) is 6.07 Å². The van der Waals surface area contributed by atoms with Crippen LogP contribution in [0.2, 0.25) is 0 Å². The number of ether oxygens (including phenoxy) is 2. The number of hydrogen-bond acceptors (Lipinski definition) is 4. The molecule has 5 nitrogen and oxygen atoms in total. The Bertz CT molecular complexity index is 381. The summed E-state index contributed by atoms with van der Waals surface area (Å²) < 4.78 is 9.97. The lowest BCUT2D eigenvalue weighted by molar-refractivity contribution is -0.385. The van der Waals surface area contributed by atoms with Crippen molar-refractivity contribution in [2.24, 2.45) is 0 Å². The molecule has 0 amide bonds. The van der Waals surface area contributed by atoms with Crippen LogP contribution in [0.15, 0.2) is 12.1 Å². The molecule has 6 heteroatoms. The van der Waals surface area contributed by atoms with Gasteiger partial charge in [-0.3, -0.25) is 10.1 Å². The van der Waals surface area contributed by atoms with Crippen molar-refractivity contribution in [3.63, 3.8) is 0 Å². The van der Waals surface area contributed by atoms with Gasteiger partial charge in [-0.15, -0.1) is 0 Å². The predicted octanol–water partition coefficient (Wildman–Crippen LogP) is 2.51. The number of nitro benzene ring substituents is 1. The lowest BCUT2D eigenvalue weighted by Crippen LogP contribution is -1.98. The lowest BCUT2D eigenvalue weighted by atomic mass is 10.2. The smallest absolute Gasteiger partial charge is 0.314 e. The largest absolute Gasteiger partial charge is 0.496 e. The number of hydrogen-bond donors (Lipinski definition) is 0. The topological polar surface area (TPSA) is 61.6 Å². The number of rotatable bonds is 4. The molecule has 0 atom stereocenters. The van der Waals surface area contributed by atoms with Gasteiger partial charge < -0.3 is 9.47 Å². The monoisotopic (exact) mass is 275 g/mol. The first kappa shape index (κ1) is 11.8. The molecule has 15 heavy (non-hydrogen) atoms. The maximum absolute atomic E-state index is 10.8. The summed E-state index contributed by atoms with van der Waals surface area (Å²) in [6.45, 7) is 0. The van der Waals surface area contributed by atoms with Gasteiger partial charge in [0.05, 0.1) is 25.2 Å². The zero-order valence-electron chi connectivity index (χ0n) is 8.32. The Hall–Kier alpha value is -1.30. The molecular weight excluding hydrogens is 266 g/mol. The first-order chi connectivity index (χ1) is 7.13. The summed E-state index contributed by atoms with van der Waals surface area (Å²) in [5.41, 5.74) is 0.592. The molecule has 0 fully saturated rings. The van der Waals surface area contributed by atoms with Gasteiger partial charge in [-0.25, -0.2) is 0 Å². The average Bonchev–Trinajstić information content (AvgIpc) is 2.26. The van der Waals surface area contributed by atoms with Crippen LogP contribution in [0.25, 0.3) is 0 Å². The van der Waals surface area contributed by atoms with Gasteiger partial charge in [0, 0.05) is 10.9 Å². The van der Waals surface area contributed by atoms with Crippen molar-refractivity contribution in [2.45, 2.75) is 5.33 Å². The fourth-order valence-corrected chi connectivity index (χ4v) is 1.65. The van der Waals surface area contributed by atoms with Gasteiger partial charge in [0.15, 0.2) is 0 Å². The average molecular weight is 276 g/mol. The molecule has 0 unspecified atom stereocenters. The molecule has 82 valence electrons. The third-order valence-electron chi connectivity index (χ3n) is 1.90. The van der Waals surface area contributed by atoms with Crippen LogP contribution < -0.4 is 9.47 Å². The third-order valence-corrected chi connectivity index (χ3v) is 2.50. The van der Waals surface area contributed by atoms with Crippen molar-refractivity contribution in [3.05, 3.63) is 27.8 Å². The summed E-state index contributed by atoms with van der Waals surface area (Å²) in [4.78, 5) is 10.3. The summed E-state index contributed by atoms with van der Waals surface area (Å²) >= 11 is 3.24. The number of nitrogens with zero attached hydrogens (tertiary/aromatic N) is 1. The summed E-state index contributed by atoms with van der Waals surface area (Å²) in [5, 5.41) is 11.2. The highest BCUT2D eigenvalue weighted by atomic mass is 79.9. The van der Waals surface area contributed by atoms with E-state index in [-0.39, 0.29) is 11.4 Å². The zero-order chi connectivity index (χ0) is 11.4. The molecule has 0 aromatic heterocycles. The maximum atomic E-state index is 10.8. The van der Waals surface area contributed by atoms with E-state index in [9.17, 15) is 10.1 Å². The van der Waals surface area contributed by atoms with E-state index in [0.717, 1.165) is 0 Å². The van der Waals surface area contributed by atoms with E-state index in [1.54, 1.807) is 6.07 Å². The Balaban J connectivity index is 3.39. The van der Waals surface area contributed by atoms with E-state index in [0.29, 0.717) is 16.6 Å². The van der Waals surface area contributed by atoms with Crippen molar-refractivity contribution < 1.29 is 14.4 Å². The van der Waals surface area contributed by atoms with Crippen molar-refractivity contribution in [1.29, 1.82) is 0 Å². The summed E-state index contributed by atoms with van der Waals surface area (Å²) in [7, 11) is 2.87. The lowest BCUT2D eigenvalue weighted by Gasteiger charge is -2.08. The maximum Gasteiger partial charge on any atom is 0.314 e. The number of alkyl halides is 1. The minimum atomic E-state index is -0.493. The molecule has 0 aliphatic rings. The first-order valence-corrected chi connectivity index (χ1v) is 5.21. The SMILES string of the molecule is COc1cc(CBr)c(OC)c([N+](=O)[O-])c1. The van der Waals surface area contributed by atoms with Crippen molar-refractivity contribution in [3.8, 4) is 11.5 Å². The van der Waals surface area contributed by atoms with Crippen LogP contribution in [0, 0.1) is 10.1 Å². The molecule has 0 N–H and O–H groups in total. The van der Waals surface area contributed by atoms with Crippen LogP contribution in [0.3, 0.4) is 0 Å². The number of halogens is 1. The van der Waals surface area contributed by atoms with Crippen LogP contribution >= 0.6 is 15.9 Å². The van der Waals surface area contributed by atoms with E-state index in [1.165, 1.54) is 20.3 Å². The van der Waals surface area contributed by atoms with Gasteiger partial charge in [0.2, 0.25) is 5.75 Å². The summed E-state index contributed by atoms with van der Waals surface area (Å²) in [6, 6.07) is 3.03. The van der Waals surface area contributed by atoms with Gasteiger partial charge in [-0.1, -0.05) is 15.9 Å². The molecule has 1 aromatic rings. The molecular formula is C9H10BrNO4. The van der Waals surface area contributed by atoms with Gasteiger partial charge >= 0.3 is 5.69 Å². The Morgan fingerprint density at radius 3 is 2.47 bits per heavy atom. The second kappa shape index (κ2) is 4.97. The Morgan fingerprint density at radius 2 is 2.07 bits per heavy atom. The molecule has 1 rings (SSSR count). The zero-order valence-corrected chi connectivity index (χ0v) is 9.91. The second-order valence-corrected chi connectivity index (χ2v) is 3.29. The second-order valence-electron chi connectivity index (χ2n) is 2.73. The van der Waals surface area contributed by atoms with Crippen molar-refractivity contribution in [1.82, 2.24) is 0 Å². The standard InChI is InChI=1S/C9H10BrNO4/c1-14-7-3-6(5-10)9(15-2)8(4-7)11(12)13/h3-4H,5H2,1-2H3. The minimum absolute atomic E-state index is 0.0914. The van der Waals surface area contributed by atoms with E-state index in [1.807, 2.05) is 0 Å². The van der Waals surface area contributed by atoms with Gasteiger partial charge in [-0.2, -0.15) is 0 Å². The highest BCUT2D eigenvalue weighted by Crippen LogP contribution is 2.36. The molecule has 0 saturated heterocycles. The number of benzene rings is 1. The molecule has 0 bridgehead atoms. The highest BCUT2D eigenvalue weighted by Gasteiger charge is 2.20. The molecule has 0 aliphatic heterocycles. The fraction of sp³-hybridized carbons (Fsp3) is 0.333. The van der Waals surface area contributed by atoms with Crippen molar-refractivity contribution >= 4 is 21.6 Å². The van der Waals surface area contributed by atoms with Gasteiger partial charge in [0.1, 0.15) is 5.75 Å². The van der Waals surface area contributed by atoms with Crippen LogP contribution in [0.1, 0.15) is 5.56 Å². The number of nitro groups is 1. The summed E-state index contributed by atoms with van der Waals surface area (Å²) in [5.74, 6) is 0.703. The van der Waals surface area contributed by atoms with Crippen molar-refractivity contribution in [2.75, 3.05) is 14.2 Å². The van der Waals surface area contributed by atoms with E-state index in [2.05, 4.69) is 15.9 Å². The Labute approximate surface area is 95.3 Å².